The molecule has 3 atom stereocenters. The summed E-state index contributed by atoms with van der Waals surface area (Å²) in [6.07, 6.45) is -2.01. The topological polar surface area (TPSA) is 75.6 Å². The molecule has 0 heterocycles. The number of alkyl halides is 3. The molecule has 2 aliphatic rings. The molecule has 1 aromatic carbocycles. The van der Waals surface area contributed by atoms with Crippen LogP contribution in [0.5, 0.6) is 5.75 Å². The predicted molar refractivity (Wildman–Crippen MR) is 80.6 cm³/mol. The van der Waals surface area contributed by atoms with Crippen molar-refractivity contribution in [1.82, 2.24) is 5.32 Å². The second-order valence-corrected chi connectivity index (χ2v) is 6.62. The highest BCUT2D eigenvalue weighted by atomic mass is 19.4. The van der Waals surface area contributed by atoms with Crippen molar-refractivity contribution in [2.24, 2.45) is 17.8 Å². The van der Waals surface area contributed by atoms with Crippen LogP contribution in [0.4, 0.5) is 13.2 Å². The second-order valence-electron chi connectivity index (χ2n) is 6.62. The lowest BCUT2D eigenvalue weighted by Crippen LogP contribution is -2.31. The van der Waals surface area contributed by atoms with Gasteiger partial charge >= 0.3 is 12.3 Å². The Bertz CT molecular complexity index is 655. The molecule has 0 radical (unpaired) electrons. The van der Waals surface area contributed by atoms with Gasteiger partial charge in [0.25, 0.3) is 0 Å². The molecule has 136 valence electrons. The first-order valence-electron chi connectivity index (χ1n) is 8.11. The van der Waals surface area contributed by atoms with E-state index in [0.717, 1.165) is 31.4 Å². The summed E-state index contributed by atoms with van der Waals surface area (Å²) in [5.74, 6) is -0.737. The zero-order valence-corrected chi connectivity index (χ0v) is 13.3. The summed E-state index contributed by atoms with van der Waals surface area (Å²) in [7, 11) is 0. The number of aliphatic carboxylic acids is 1. The number of carbonyl (C=O) groups is 2. The first kappa shape index (κ1) is 17.6. The summed E-state index contributed by atoms with van der Waals surface area (Å²) < 4.78 is 40.4. The quantitative estimate of drug-likeness (QED) is 0.785. The lowest BCUT2D eigenvalue weighted by atomic mass is 10.0. The fraction of sp³-hybridized carbons (Fsp3) is 0.529. The first-order valence-corrected chi connectivity index (χ1v) is 8.11. The highest BCUT2D eigenvalue weighted by molar-refractivity contribution is 5.82. The number of hydrogen-bond acceptors (Lipinski definition) is 3. The Labute approximate surface area is 142 Å². The zero-order chi connectivity index (χ0) is 18.2. The molecule has 8 heteroatoms. The van der Waals surface area contributed by atoms with Crippen molar-refractivity contribution >= 4 is 11.9 Å². The van der Waals surface area contributed by atoms with Gasteiger partial charge in [0.2, 0.25) is 5.91 Å². The molecule has 2 aliphatic carbocycles. The van der Waals surface area contributed by atoms with Gasteiger partial charge in [0.15, 0.2) is 0 Å². The van der Waals surface area contributed by atoms with Crippen molar-refractivity contribution in [2.45, 2.75) is 38.1 Å². The van der Waals surface area contributed by atoms with Crippen LogP contribution in [0.25, 0.3) is 0 Å². The number of hydrogen-bond donors (Lipinski definition) is 2. The molecule has 2 N–H and O–H groups in total. The van der Waals surface area contributed by atoms with E-state index < -0.39 is 24.1 Å². The lowest BCUT2D eigenvalue weighted by molar-refractivity contribution is -0.274. The van der Waals surface area contributed by atoms with E-state index in [1.54, 1.807) is 0 Å². The maximum absolute atomic E-state index is 12.3. The largest absolute Gasteiger partial charge is 0.573 e. The minimum Gasteiger partial charge on any atom is -0.481 e. The van der Waals surface area contributed by atoms with E-state index in [-0.39, 0.29) is 18.2 Å². The van der Waals surface area contributed by atoms with E-state index in [0.29, 0.717) is 17.4 Å². The molecule has 5 nitrogen and oxygen atoms in total. The van der Waals surface area contributed by atoms with E-state index in [9.17, 15) is 22.8 Å². The van der Waals surface area contributed by atoms with Crippen LogP contribution in [0.15, 0.2) is 24.3 Å². The highest BCUT2D eigenvalue weighted by Crippen LogP contribution is 2.54. The molecular weight excluding hydrogens is 339 g/mol. The van der Waals surface area contributed by atoms with Gasteiger partial charge in [-0.05, 0) is 48.8 Å². The summed E-state index contributed by atoms with van der Waals surface area (Å²) >= 11 is 0. The van der Waals surface area contributed by atoms with Gasteiger partial charge in [-0.15, -0.1) is 13.2 Å². The Kier molecular flexibility index (Phi) is 4.62. The third-order valence-corrected chi connectivity index (χ3v) is 4.62. The van der Waals surface area contributed by atoms with Gasteiger partial charge in [-0.1, -0.05) is 12.1 Å². The van der Waals surface area contributed by atoms with Crippen LogP contribution in [0.1, 0.15) is 37.3 Å². The number of ether oxygens (including phenoxy) is 1. The van der Waals surface area contributed by atoms with E-state index in [2.05, 4.69) is 10.1 Å². The molecule has 0 aliphatic heterocycles. The van der Waals surface area contributed by atoms with Crippen LogP contribution in [0, 0.1) is 17.8 Å². The van der Waals surface area contributed by atoms with Crippen molar-refractivity contribution in [3.8, 4) is 5.75 Å². The molecule has 3 unspecified atom stereocenters. The predicted octanol–water partition coefficient (Wildman–Crippen LogP) is 3.26. The number of carboxylic acid groups (broad SMARTS) is 1. The maximum Gasteiger partial charge on any atom is 0.573 e. The van der Waals surface area contributed by atoms with E-state index in [4.69, 9.17) is 5.11 Å². The van der Waals surface area contributed by atoms with Crippen LogP contribution in [0.3, 0.4) is 0 Å². The summed E-state index contributed by atoms with van der Waals surface area (Å²) in [5, 5.41) is 11.8. The lowest BCUT2D eigenvalue weighted by Gasteiger charge is -2.18. The molecule has 1 aromatic rings. The van der Waals surface area contributed by atoms with Crippen molar-refractivity contribution < 1.29 is 32.6 Å². The van der Waals surface area contributed by atoms with Crippen LogP contribution in [0.2, 0.25) is 0 Å². The molecule has 0 spiro atoms. The van der Waals surface area contributed by atoms with Crippen LogP contribution in [-0.2, 0) is 9.59 Å². The Morgan fingerprint density at radius 3 is 2.40 bits per heavy atom. The van der Waals surface area contributed by atoms with E-state index in [1.165, 1.54) is 12.1 Å². The molecular formula is C17H18F3NO4. The van der Waals surface area contributed by atoms with Gasteiger partial charge in [0.05, 0.1) is 12.5 Å². The Hall–Kier alpha value is -2.25. The molecule has 0 aromatic heterocycles. The van der Waals surface area contributed by atoms with Crippen molar-refractivity contribution in [3.63, 3.8) is 0 Å². The molecule has 0 saturated heterocycles. The minimum atomic E-state index is -4.79. The fourth-order valence-electron chi connectivity index (χ4n) is 3.17. The van der Waals surface area contributed by atoms with Gasteiger partial charge in [-0.3, -0.25) is 9.59 Å². The minimum absolute atomic E-state index is 0.0726. The average molecular weight is 357 g/mol. The first-order chi connectivity index (χ1) is 11.7. The standard InChI is InChI=1S/C17H18F3NO4/c18-17(19,20)25-11-5-3-10(4-6-11)14(8-15(22)23)21-16(24)13-7-12(13)9-1-2-9/h3-6,9,12-14H,1-2,7-8H2,(H,21,24)(H,22,23). The summed E-state index contributed by atoms with van der Waals surface area (Å²) in [6.45, 7) is 0. The number of carboxylic acids is 1. The van der Waals surface area contributed by atoms with Crippen molar-refractivity contribution in [1.29, 1.82) is 0 Å². The number of halogens is 3. The van der Waals surface area contributed by atoms with E-state index >= 15 is 0 Å². The van der Waals surface area contributed by atoms with E-state index in [1.807, 2.05) is 0 Å². The number of benzene rings is 1. The maximum atomic E-state index is 12.3. The Morgan fingerprint density at radius 2 is 1.88 bits per heavy atom. The van der Waals surface area contributed by atoms with Crippen LogP contribution >= 0.6 is 0 Å². The third-order valence-electron chi connectivity index (χ3n) is 4.62. The molecule has 1 amide bonds. The van der Waals surface area contributed by atoms with Crippen LogP contribution in [-0.4, -0.2) is 23.3 Å². The number of carbonyl (C=O) groups excluding carboxylic acids is 1. The third kappa shape index (κ3) is 4.87. The highest BCUT2D eigenvalue weighted by Gasteiger charge is 2.51. The average Bonchev–Trinajstić information content (AvgIpc) is 3.35. The van der Waals surface area contributed by atoms with Crippen molar-refractivity contribution in [3.05, 3.63) is 29.8 Å². The number of rotatable bonds is 7. The van der Waals surface area contributed by atoms with Gasteiger partial charge in [-0.2, -0.15) is 0 Å². The van der Waals surface area contributed by atoms with Gasteiger partial charge in [-0.25, -0.2) is 0 Å². The SMILES string of the molecule is O=C(O)CC(NC(=O)C1CC1C1CC1)c1ccc(OC(F)(F)F)cc1. The Balaban J connectivity index is 1.65. The van der Waals surface area contributed by atoms with Crippen LogP contribution < -0.4 is 10.1 Å². The fourth-order valence-corrected chi connectivity index (χ4v) is 3.17. The van der Waals surface area contributed by atoms with Crippen molar-refractivity contribution in [2.75, 3.05) is 0 Å². The zero-order valence-electron chi connectivity index (χ0n) is 13.3. The number of nitrogens with one attached hydrogen (secondary N) is 1. The smallest absolute Gasteiger partial charge is 0.481 e. The molecule has 25 heavy (non-hydrogen) atoms. The molecule has 0 bridgehead atoms. The normalized spacial score (nSPS) is 23.6. The Morgan fingerprint density at radius 1 is 1.24 bits per heavy atom. The molecule has 3 rings (SSSR count). The summed E-state index contributed by atoms with van der Waals surface area (Å²) in [5.41, 5.74) is 0.425. The summed E-state index contributed by atoms with van der Waals surface area (Å²) in [6, 6.07) is 4.09. The molecule has 2 fully saturated rings. The van der Waals surface area contributed by atoms with Gasteiger partial charge < -0.3 is 15.2 Å². The molecule has 2 saturated carbocycles. The second kappa shape index (κ2) is 6.57. The van der Waals surface area contributed by atoms with Gasteiger partial charge in [0.1, 0.15) is 5.75 Å². The van der Waals surface area contributed by atoms with Gasteiger partial charge in [0, 0.05) is 5.92 Å². The number of amides is 1. The summed E-state index contributed by atoms with van der Waals surface area (Å²) in [4.78, 5) is 23.4. The monoisotopic (exact) mass is 357 g/mol.